The highest BCUT2D eigenvalue weighted by Crippen LogP contribution is 2.29. The Morgan fingerprint density at radius 2 is 2.06 bits per heavy atom. The van der Waals surface area contributed by atoms with E-state index in [-0.39, 0.29) is 5.60 Å². The van der Waals surface area contributed by atoms with Crippen molar-refractivity contribution in [3.8, 4) is 0 Å². The van der Waals surface area contributed by atoms with Gasteiger partial charge in [0.1, 0.15) is 0 Å². The Hall–Kier alpha value is -0.600. The minimum Gasteiger partial charge on any atom is -0.364 e. The van der Waals surface area contributed by atoms with E-state index in [1.54, 1.807) is 0 Å². The van der Waals surface area contributed by atoms with Crippen LogP contribution in [0.5, 0.6) is 0 Å². The molecule has 16 heavy (non-hydrogen) atoms. The number of aliphatic hydroxyl groups is 1. The van der Waals surface area contributed by atoms with Crippen LogP contribution >= 0.6 is 0 Å². The summed E-state index contributed by atoms with van der Waals surface area (Å²) < 4.78 is 5.55. The van der Waals surface area contributed by atoms with E-state index in [0.29, 0.717) is 5.92 Å². The molecule has 0 saturated heterocycles. The summed E-state index contributed by atoms with van der Waals surface area (Å²) in [7, 11) is 0. The van der Waals surface area contributed by atoms with Gasteiger partial charge in [0.15, 0.2) is 6.29 Å². The maximum absolute atomic E-state index is 9.97. The monoisotopic (exact) mass is 224 g/mol. The summed E-state index contributed by atoms with van der Waals surface area (Å²) in [5, 5.41) is 9.97. The number of hydrogen-bond acceptors (Lipinski definition) is 2. The molecule has 1 rings (SSSR count). The molecule has 0 spiro atoms. The molecule has 0 heterocycles. The van der Waals surface area contributed by atoms with Crippen molar-refractivity contribution >= 4 is 0 Å². The van der Waals surface area contributed by atoms with Gasteiger partial charge in [-0.15, -0.1) is 0 Å². The summed E-state index contributed by atoms with van der Waals surface area (Å²) in [4.78, 5) is 0. The molecule has 2 atom stereocenters. The Morgan fingerprint density at radius 3 is 2.50 bits per heavy atom. The molecular formula is C14H24O2. The molecule has 2 heteroatoms. The molecule has 2 nitrogen and oxygen atoms in total. The zero-order valence-corrected chi connectivity index (χ0v) is 11.1. The van der Waals surface area contributed by atoms with Gasteiger partial charge in [-0.25, -0.2) is 0 Å². The van der Waals surface area contributed by atoms with E-state index < -0.39 is 6.29 Å². The summed E-state index contributed by atoms with van der Waals surface area (Å²) in [6.07, 6.45) is 5.35. The molecule has 1 aliphatic carbocycles. The average Bonchev–Trinajstić information content (AvgIpc) is 2.15. The second kappa shape index (κ2) is 5.15. The van der Waals surface area contributed by atoms with E-state index in [9.17, 15) is 5.11 Å². The lowest BCUT2D eigenvalue weighted by molar-refractivity contribution is -0.145. The van der Waals surface area contributed by atoms with E-state index in [0.717, 1.165) is 18.4 Å². The van der Waals surface area contributed by atoms with Crippen LogP contribution in [0, 0.1) is 5.92 Å². The molecule has 1 aliphatic rings. The highest BCUT2D eigenvalue weighted by molar-refractivity contribution is 5.27. The van der Waals surface area contributed by atoms with Crippen LogP contribution < -0.4 is 0 Å². The zero-order chi connectivity index (χ0) is 12.3. The zero-order valence-electron chi connectivity index (χ0n) is 11.1. The SMILES string of the molecule is CCC1=CC=C(C(O)OC(C)(C)C)CC1C. The fourth-order valence-corrected chi connectivity index (χ4v) is 1.99. The van der Waals surface area contributed by atoms with Crippen molar-refractivity contribution in [2.75, 3.05) is 0 Å². The van der Waals surface area contributed by atoms with Crippen molar-refractivity contribution in [2.24, 2.45) is 5.92 Å². The average molecular weight is 224 g/mol. The molecule has 0 aliphatic heterocycles. The van der Waals surface area contributed by atoms with Gasteiger partial charge < -0.3 is 9.84 Å². The van der Waals surface area contributed by atoms with Crippen LogP contribution in [0.15, 0.2) is 23.3 Å². The van der Waals surface area contributed by atoms with Crippen molar-refractivity contribution in [3.63, 3.8) is 0 Å². The van der Waals surface area contributed by atoms with Crippen LogP contribution in [-0.4, -0.2) is 17.0 Å². The van der Waals surface area contributed by atoms with Gasteiger partial charge in [-0.05, 0) is 45.1 Å². The Morgan fingerprint density at radius 1 is 1.44 bits per heavy atom. The van der Waals surface area contributed by atoms with Crippen molar-refractivity contribution < 1.29 is 9.84 Å². The molecule has 0 amide bonds. The normalized spacial score (nSPS) is 23.8. The minimum atomic E-state index is -0.767. The van der Waals surface area contributed by atoms with E-state index in [2.05, 4.69) is 19.9 Å². The fourth-order valence-electron chi connectivity index (χ4n) is 1.99. The molecule has 0 saturated carbocycles. The number of allylic oxidation sites excluding steroid dienone is 3. The largest absolute Gasteiger partial charge is 0.364 e. The third-order valence-electron chi connectivity index (χ3n) is 2.88. The van der Waals surface area contributed by atoms with Gasteiger partial charge >= 0.3 is 0 Å². The van der Waals surface area contributed by atoms with E-state index in [1.165, 1.54) is 5.57 Å². The highest BCUT2D eigenvalue weighted by atomic mass is 16.6. The smallest absolute Gasteiger partial charge is 0.178 e. The lowest BCUT2D eigenvalue weighted by Crippen LogP contribution is -2.29. The molecule has 0 radical (unpaired) electrons. The Bertz CT molecular complexity index is 294. The van der Waals surface area contributed by atoms with Crippen molar-refractivity contribution in [1.82, 2.24) is 0 Å². The highest BCUT2D eigenvalue weighted by Gasteiger charge is 2.23. The number of aliphatic hydroxyl groups excluding tert-OH is 1. The molecule has 0 aromatic carbocycles. The first kappa shape index (κ1) is 13.5. The van der Waals surface area contributed by atoms with Crippen LogP contribution in [0.2, 0.25) is 0 Å². The lowest BCUT2D eigenvalue weighted by Gasteiger charge is -2.29. The summed E-state index contributed by atoms with van der Waals surface area (Å²) >= 11 is 0. The topological polar surface area (TPSA) is 29.5 Å². The van der Waals surface area contributed by atoms with Crippen LogP contribution in [0.3, 0.4) is 0 Å². The predicted octanol–water partition coefficient (Wildman–Crippen LogP) is 3.42. The van der Waals surface area contributed by atoms with E-state index >= 15 is 0 Å². The van der Waals surface area contributed by atoms with Gasteiger partial charge in [0.25, 0.3) is 0 Å². The predicted molar refractivity (Wildman–Crippen MR) is 67.1 cm³/mol. The van der Waals surface area contributed by atoms with Gasteiger partial charge in [-0.2, -0.15) is 0 Å². The Labute approximate surface area is 99.0 Å². The van der Waals surface area contributed by atoms with Gasteiger partial charge in [0.05, 0.1) is 5.60 Å². The number of ether oxygens (including phenoxy) is 1. The third-order valence-corrected chi connectivity index (χ3v) is 2.88. The van der Waals surface area contributed by atoms with Crippen LogP contribution in [0.25, 0.3) is 0 Å². The lowest BCUT2D eigenvalue weighted by atomic mass is 9.87. The summed E-state index contributed by atoms with van der Waals surface area (Å²) in [5.41, 5.74) is 2.13. The van der Waals surface area contributed by atoms with E-state index in [4.69, 9.17) is 4.74 Å². The molecule has 2 unspecified atom stereocenters. The second-order valence-corrected chi connectivity index (χ2v) is 5.52. The van der Waals surface area contributed by atoms with Gasteiger partial charge in [-0.3, -0.25) is 0 Å². The molecule has 0 bridgehead atoms. The Balaban J connectivity index is 2.69. The first-order valence-corrected chi connectivity index (χ1v) is 6.09. The minimum absolute atomic E-state index is 0.307. The van der Waals surface area contributed by atoms with E-state index in [1.807, 2.05) is 26.8 Å². The second-order valence-electron chi connectivity index (χ2n) is 5.52. The summed E-state index contributed by atoms with van der Waals surface area (Å²) in [5.74, 6) is 0.517. The first-order chi connectivity index (χ1) is 7.33. The maximum Gasteiger partial charge on any atom is 0.178 e. The number of rotatable bonds is 3. The molecule has 1 N–H and O–H groups in total. The molecule has 92 valence electrons. The van der Waals surface area contributed by atoms with Crippen molar-refractivity contribution in [3.05, 3.63) is 23.3 Å². The quantitative estimate of drug-likeness (QED) is 0.744. The Kier molecular flexibility index (Phi) is 4.34. The van der Waals surface area contributed by atoms with Gasteiger partial charge in [0.2, 0.25) is 0 Å². The third kappa shape index (κ3) is 3.76. The molecular weight excluding hydrogens is 200 g/mol. The fraction of sp³-hybridized carbons (Fsp3) is 0.714. The van der Waals surface area contributed by atoms with Crippen molar-refractivity contribution in [2.45, 2.75) is 59.4 Å². The van der Waals surface area contributed by atoms with Crippen LogP contribution in [-0.2, 0) is 4.74 Å². The maximum atomic E-state index is 9.97. The van der Waals surface area contributed by atoms with Crippen LogP contribution in [0.1, 0.15) is 47.5 Å². The standard InChI is InChI=1S/C14H24O2/c1-6-11-7-8-12(9-10(11)2)13(15)16-14(3,4)5/h7-8,10,13,15H,6,9H2,1-5H3. The first-order valence-electron chi connectivity index (χ1n) is 6.09. The van der Waals surface area contributed by atoms with Gasteiger partial charge in [0, 0.05) is 0 Å². The summed E-state index contributed by atoms with van der Waals surface area (Å²) in [6.45, 7) is 10.2. The molecule has 0 aromatic rings. The molecule has 0 fully saturated rings. The van der Waals surface area contributed by atoms with Crippen molar-refractivity contribution in [1.29, 1.82) is 0 Å². The number of hydrogen-bond donors (Lipinski definition) is 1. The van der Waals surface area contributed by atoms with Gasteiger partial charge in [-0.1, -0.05) is 31.6 Å². The van der Waals surface area contributed by atoms with Crippen LogP contribution in [0.4, 0.5) is 0 Å². The molecule has 0 aromatic heterocycles. The summed E-state index contributed by atoms with van der Waals surface area (Å²) in [6, 6.07) is 0.